The molecular weight excluding hydrogens is 378 g/mol. The van der Waals surface area contributed by atoms with Crippen molar-refractivity contribution >= 4 is 27.6 Å². The van der Waals surface area contributed by atoms with Gasteiger partial charge in [0.1, 0.15) is 5.54 Å². The standard InChI is InChI=1S/C16H27N3O7S/c1-25-14(21)11-17-10-13(20)19-16(4-7-27(23,24)8-5-16)15(22)18-9-12-3-2-6-26-12/h12,17H,2-11H2,1H3,(H,18,22)(H,19,20). The van der Waals surface area contributed by atoms with Crippen LogP contribution >= 0.6 is 0 Å². The number of sulfone groups is 1. The first kappa shape index (κ1) is 21.6. The molecule has 2 aliphatic heterocycles. The predicted molar refractivity (Wildman–Crippen MR) is 95.6 cm³/mol. The number of carbonyl (C=O) groups is 3. The first-order valence-corrected chi connectivity index (χ1v) is 10.8. The second-order valence-electron chi connectivity index (χ2n) is 6.81. The highest BCUT2D eigenvalue weighted by Crippen LogP contribution is 2.24. The van der Waals surface area contributed by atoms with Crippen LogP contribution < -0.4 is 16.0 Å². The second kappa shape index (κ2) is 9.47. The van der Waals surface area contributed by atoms with Crippen LogP contribution in [0.3, 0.4) is 0 Å². The Morgan fingerprint density at radius 1 is 1.19 bits per heavy atom. The van der Waals surface area contributed by atoms with Crippen LogP contribution in [0, 0.1) is 0 Å². The molecule has 0 spiro atoms. The third kappa shape index (κ3) is 6.43. The van der Waals surface area contributed by atoms with E-state index >= 15 is 0 Å². The molecule has 0 aromatic heterocycles. The monoisotopic (exact) mass is 405 g/mol. The lowest BCUT2D eigenvalue weighted by atomic mass is 9.90. The highest BCUT2D eigenvalue weighted by Gasteiger charge is 2.44. The largest absolute Gasteiger partial charge is 0.468 e. The lowest BCUT2D eigenvalue weighted by Gasteiger charge is -2.36. The van der Waals surface area contributed by atoms with Gasteiger partial charge < -0.3 is 20.1 Å². The quantitative estimate of drug-likeness (QED) is 0.398. The van der Waals surface area contributed by atoms with Gasteiger partial charge in [-0.1, -0.05) is 0 Å². The van der Waals surface area contributed by atoms with E-state index in [-0.39, 0.29) is 43.5 Å². The fraction of sp³-hybridized carbons (Fsp3) is 0.812. The molecule has 2 amide bonds. The fourth-order valence-corrected chi connectivity index (χ4v) is 4.66. The smallest absolute Gasteiger partial charge is 0.319 e. The van der Waals surface area contributed by atoms with Gasteiger partial charge in [0.2, 0.25) is 11.8 Å². The van der Waals surface area contributed by atoms with Crippen LogP contribution in [0.5, 0.6) is 0 Å². The Labute approximate surface area is 158 Å². The van der Waals surface area contributed by atoms with Crippen molar-refractivity contribution in [2.75, 3.05) is 44.9 Å². The van der Waals surface area contributed by atoms with E-state index in [2.05, 4.69) is 20.7 Å². The van der Waals surface area contributed by atoms with Crippen molar-refractivity contribution in [1.29, 1.82) is 0 Å². The van der Waals surface area contributed by atoms with E-state index in [1.165, 1.54) is 7.11 Å². The van der Waals surface area contributed by atoms with Gasteiger partial charge in [-0.3, -0.25) is 19.7 Å². The zero-order valence-electron chi connectivity index (χ0n) is 15.4. The molecule has 0 aliphatic carbocycles. The van der Waals surface area contributed by atoms with Crippen LogP contribution in [0.15, 0.2) is 0 Å². The molecule has 2 heterocycles. The highest BCUT2D eigenvalue weighted by atomic mass is 32.2. The van der Waals surface area contributed by atoms with Crippen molar-refractivity contribution in [3.05, 3.63) is 0 Å². The van der Waals surface area contributed by atoms with Gasteiger partial charge in [-0.2, -0.15) is 0 Å². The maximum atomic E-state index is 12.8. The predicted octanol–water partition coefficient (Wildman–Crippen LogP) is -1.89. The Morgan fingerprint density at radius 2 is 1.89 bits per heavy atom. The summed E-state index contributed by atoms with van der Waals surface area (Å²) < 4.78 is 33.5. The third-order valence-electron chi connectivity index (χ3n) is 4.79. The molecule has 2 saturated heterocycles. The molecule has 27 heavy (non-hydrogen) atoms. The molecule has 0 bridgehead atoms. The normalized spacial score (nSPS) is 23.4. The van der Waals surface area contributed by atoms with E-state index in [1.54, 1.807) is 0 Å². The Morgan fingerprint density at radius 3 is 2.48 bits per heavy atom. The summed E-state index contributed by atoms with van der Waals surface area (Å²) in [5.41, 5.74) is -1.28. The third-order valence-corrected chi connectivity index (χ3v) is 6.44. The lowest BCUT2D eigenvalue weighted by molar-refractivity contribution is -0.139. The van der Waals surface area contributed by atoms with Gasteiger partial charge >= 0.3 is 5.97 Å². The molecule has 1 unspecified atom stereocenters. The van der Waals surface area contributed by atoms with Gasteiger partial charge in [0.25, 0.3) is 0 Å². The van der Waals surface area contributed by atoms with E-state index in [1.807, 2.05) is 0 Å². The van der Waals surface area contributed by atoms with Crippen molar-refractivity contribution in [2.24, 2.45) is 0 Å². The average molecular weight is 405 g/mol. The SMILES string of the molecule is COC(=O)CNCC(=O)NC1(C(=O)NCC2CCCO2)CCS(=O)(=O)CC1. The molecular formula is C16H27N3O7S. The summed E-state index contributed by atoms with van der Waals surface area (Å²) >= 11 is 0. The van der Waals surface area contributed by atoms with E-state index in [0.717, 1.165) is 12.8 Å². The molecule has 2 aliphatic rings. The van der Waals surface area contributed by atoms with Crippen molar-refractivity contribution in [2.45, 2.75) is 37.3 Å². The molecule has 0 aromatic carbocycles. The lowest BCUT2D eigenvalue weighted by Crippen LogP contribution is -2.63. The van der Waals surface area contributed by atoms with Crippen LogP contribution in [0.4, 0.5) is 0 Å². The molecule has 0 radical (unpaired) electrons. The summed E-state index contributed by atoms with van der Waals surface area (Å²) in [6.07, 6.45) is 1.75. The molecule has 11 heteroatoms. The van der Waals surface area contributed by atoms with Crippen LogP contribution in [-0.2, 0) is 33.7 Å². The van der Waals surface area contributed by atoms with Gasteiger partial charge in [0.15, 0.2) is 9.84 Å². The first-order chi connectivity index (χ1) is 12.8. The summed E-state index contributed by atoms with van der Waals surface area (Å²) in [7, 11) is -1.98. The maximum absolute atomic E-state index is 12.8. The highest BCUT2D eigenvalue weighted by molar-refractivity contribution is 7.91. The maximum Gasteiger partial charge on any atom is 0.319 e. The number of nitrogens with one attached hydrogen (secondary N) is 3. The van der Waals surface area contributed by atoms with E-state index < -0.39 is 33.2 Å². The minimum atomic E-state index is -3.22. The Hall–Kier alpha value is -1.72. The Balaban J connectivity index is 1.95. The summed E-state index contributed by atoms with van der Waals surface area (Å²) in [4.78, 5) is 36.1. The topological polar surface area (TPSA) is 140 Å². The number of ether oxygens (including phenoxy) is 2. The van der Waals surface area contributed by atoms with Crippen molar-refractivity contribution < 1.29 is 32.3 Å². The van der Waals surface area contributed by atoms with Gasteiger partial charge in [0, 0.05) is 13.2 Å². The molecule has 154 valence electrons. The minimum absolute atomic E-state index is 0.00936. The van der Waals surface area contributed by atoms with E-state index in [0.29, 0.717) is 13.2 Å². The average Bonchev–Trinajstić information content (AvgIpc) is 3.15. The number of amides is 2. The number of esters is 1. The first-order valence-electron chi connectivity index (χ1n) is 8.95. The molecule has 0 saturated carbocycles. The van der Waals surface area contributed by atoms with Gasteiger partial charge in [0.05, 0.1) is 37.8 Å². The zero-order chi connectivity index (χ0) is 19.9. The molecule has 0 aromatic rings. The van der Waals surface area contributed by atoms with Crippen LogP contribution in [0.2, 0.25) is 0 Å². The van der Waals surface area contributed by atoms with Crippen LogP contribution in [0.25, 0.3) is 0 Å². The molecule has 1 atom stereocenters. The molecule has 10 nitrogen and oxygen atoms in total. The Bertz CT molecular complexity index is 645. The van der Waals surface area contributed by atoms with E-state index in [9.17, 15) is 22.8 Å². The number of hydrogen-bond donors (Lipinski definition) is 3. The van der Waals surface area contributed by atoms with Gasteiger partial charge in [-0.05, 0) is 25.7 Å². The summed E-state index contributed by atoms with van der Waals surface area (Å²) in [5.74, 6) is -1.76. The zero-order valence-corrected chi connectivity index (χ0v) is 16.2. The van der Waals surface area contributed by atoms with Crippen LogP contribution in [-0.4, -0.2) is 82.7 Å². The number of methoxy groups -OCH3 is 1. The van der Waals surface area contributed by atoms with Gasteiger partial charge in [-0.25, -0.2) is 8.42 Å². The number of hydrogen-bond acceptors (Lipinski definition) is 8. The van der Waals surface area contributed by atoms with Crippen molar-refractivity contribution in [3.8, 4) is 0 Å². The fourth-order valence-electron chi connectivity index (χ4n) is 3.14. The molecule has 2 fully saturated rings. The molecule has 2 rings (SSSR count). The van der Waals surface area contributed by atoms with Crippen LogP contribution in [0.1, 0.15) is 25.7 Å². The van der Waals surface area contributed by atoms with Crippen molar-refractivity contribution in [1.82, 2.24) is 16.0 Å². The Kier molecular flexibility index (Phi) is 7.57. The minimum Gasteiger partial charge on any atom is -0.468 e. The number of carbonyl (C=O) groups excluding carboxylic acids is 3. The number of rotatable bonds is 8. The van der Waals surface area contributed by atoms with Crippen molar-refractivity contribution in [3.63, 3.8) is 0 Å². The summed E-state index contributed by atoms with van der Waals surface area (Å²) in [6.45, 7) is 0.648. The van der Waals surface area contributed by atoms with Gasteiger partial charge in [-0.15, -0.1) is 0 Å². The molecule has 3 N–H and O–H groups in total. The van der Waals surface area contributed by atoms with E-state index in [4.69, 9.17) is 4.74 Å². The summed E-state index contributed by atoms with van der Waals surface area (Å²) in [5, 5.41) is 8.07. The second-order valence-corrected chi connectivity index (χ2v) is 9.11. The summed E-state index contributed by atoms with van der Waals surface area (Å²) in [6, 6.07) is 0.